The van der Waals surface area contributed by atoms with Crippen molar-refractivity contribution in [2.75, 3.05) is 6.54 Å². The lowest BCUT2D eigenvalue weighted by Crippen LogP contribution is -2.37. The van der Waals surface area contributed by atoms with Crippen LogP contribution in [0, 0.1) is 5.82 Å². The minimum absolute atomic E-state index is 0.00800. The summed E-state index contributed by atoms with van der Waals surface area (Å²) in [5.41, 5.74) is -2.58. The maximum absolute atomic E-state index is 13.3. The van der Waals surface area contributed by atoms with Gasteiger partial charge in [0, 0.05) is 6.54 Å². The molecule has 0 saturated carbocycles. The third-order valence-electron chi connectivity index (χ3n) is 3.20. The third-order valence-corrected chi connectivity index (χ3v) is 3.20. The lowest BCUT2D eigenvalue weighted by atomic mass is 10.2. The first-order valence-electron chi connectivity index (χ1n) is 7.08. The molecular formula is C15H16FN3O4. The van der Waals surface area contributed by atoms with Crippen molar-refractivity contribution in [3.8, 4) is 11.6 Å². The highest BCUT2D eigenvalue weighted by atomic mass is 19.1. The molecule has 1 aromatic carbocycles. The summed E-state index contributed by atoms with van der Waals surface area (Å²) in [6.07, 6.45) is 1.54. The maximum Gasteiger partial charge on any atom is 0.335 e. The van der Waals surface area contributed by atoms with Gasteiger partial charge in [0.25, 0.3) is 11.5 Å². The molecule has 0 unspecified atom stereocenters. The van der Waals surface area contributed by atoms with Gasteiger partial charge in [-0.2, -0.15) is 0 Å². The van der Waals surface area contributed by atoms with Crippen molar-refractivity contribution < 1.29 is 14.3 Å². The zero-order chi connectivity index (χ0) is 17.0. The van der Waals surface area contributed by atoms with E-state index >= 15 is 0 Å². The molecule has 2 aromatic rings. The van der Waals surface area contributed by atoms with Gasteiger partial charge in [-0.15, -0.1) is 0 Å². The van der Waals surface area contributed by atoms with Gasteiger partial charge >= 0.3 is 5.69 Å². The zero-order valence-electron chi connectivity index (χ0n) is 12.4. The average molecular weight is 321 g/mol. The number of nitrogens with one attached hydrogen (secondary N) is 2. The molecule has 0 radical (unpaired) electrons. The topological polar surface area (TPSA) is 104 Å². The molecule has 122 valence electrons. The predicted octanol–water partition coefficient (Wildman–Crippen LogP) is 0.900. The fraction of sp³-hybridized carbons (Fsp3) is 0.267. The number of aromatic nitrogens is 2. The Labute approximate surface area is 130 Å². The number of amides is 1. The molecule has 1 heterocycles. The number of halogens is 1. The van der Waals surface area contributed by atoms with E-state index in [1.165, 1.54) is 12.1 Å². The highest BCUT2D eigenvalue weighted by Gasteiger charge is 2.21. The number of unbranched alkanes of at least 4 members (excludes halogenated alkanes) is 1. The van der Waals surface area contributed by atoms with Crippen LogP contribution in [0.1, 0.15) is 30.1 Å². The van der Waals surface area contributed by atoms with Gasteiger partial charge in [-0.1, -0.05) is 19.4 Å². The molecule has 0 fully saturated rings. The first kappa shape index (κ1) is 16.5. The Hall–Kier alpha value is -2.90. The van der Waals surface area contributed by atoms with E-state index in [1.54, 1.807) is 0 Å². The van der Waals surface area contributed by atoms with E-state index in [9.17, 15) is 23.9 Å². The number of nitrogens with zero attached hydrogens (tertiary/aromatic N) is 1. The van der Waals surface area contributed by atoms with Crippen LogP contribution in [0.25, 0.3) is 5.69 Å². The highest BCUT2D eigenvalue weighted by Crippen LogP contribution is 2.17. The Morgan fingerprint density at radius 2 is 2.13 bits per heavy atom. The molecule has 1 amide bonds. The fourth-order valence-corrected chi connectivity index (χ4v) is 2.05. The van der Waals surface area contributed by atoms with Gasteiger partial charge < -0.3 is 10.4 Å². The van der Waals surface area contributed by atoms with Crippen LogP contribution < -0.4 is 16.6 Å². The van der Waals surface area contributed by atoms with Gasteiger partial charge in [0.15, 0.2) is 5.56 Å². The number of aromatic amines is 1. The van der Waals surface area contributed by atoms with E-state index in [4.69, 9.17) is 0 Å². The highest BCUT2D eigenvalue weighted by molar-refractivity contribution is 5.96. The van der Waals surface area contributed by atoms with Crippen molar-refractivity contribution in [3.05, 3.63) is 56.5 Å². The zero-order valence-corrected chi connectivity index (χ0v) is 12.4. The molecule has 7 nitrogen and oxygen atoms in total. The predicted molar refractivity (Wildman–Crippen MR) is 81.5 cm³/mol. The fourth-order valence-electron chi connectivity index (χ4n) is 2.05. The number of hydrogen-bond acceptors (Lipinski definition) is 4. The van der Waals surface area contributed by atoms with Crippen LogP contribution in [0.4, 0.5) is 4.39 Å². The van der Waals surface area contributed by atoms with Crippen LogP contribution in [0.15, 0.2) is 33.9 Å². The van der Waals surface area contributed by atoms with Crippen molar-refractivity contribution in [1.82, 2.24) is 14.9 Å². The van der Waals surface area contributed by atoms with E-state index in [2.05, 4.69) is 5.32 Å². The normalized spacial score (nSPS) is 10.5. The number of carbonyl (C=O) groups excluding carboxylic acids is 1. The molecular weight excluding hydrogens is 305 g/mol. The summed E-state index contributed by atoms with van der Waals surface area (Å²) >= 11 is 0. The quantitative estimate of drug-likeness (QED) is 0.712. The average Bonchev–Trinajstić information content (AvgIpc) is 2.47. The third kappa shape index (κ3) is 3.47. The van der Waals surface area contributed by atoms with E-state index in [-0.39, 0.29) is 5.69 Å². The number of benzene rings is 1. The molecule has 0 spiro atoms. The second-order valence-corrected chi connectivity index (χ2v) is 4.88. The van der Waals surface area contributed by atoms with E-state index in [1.807, 2.05) is 11.9 Å². The molecule has 0 aliphatic rings. The molecule has 2 rings (SSSR count). The summed E-state index contributed by atoms with van der Waals surface area (Å²) in [5, 5.41) is 12.7. The summed E-state index contributed by atoms with van der Waals surface area (Å²) in [4.78, 5) is 37.7. The van der Waals surface area contributed by atoms with E-state index < -0.39 is 34.4 Å². The van der Waals surface area contributed by atoms with Crippen LogP contribution in [0.5, 0.6) is 5.88 Å². The summed E-state index contributed by atoms with van der Waals surface area (Å²) in [7, 11) is 0. The summed E-state index contributed by atoms with van der Waals surface area (Å²) in [5.74, 6) is -2.27. The first-order valence-corrected chi connectivity index (χ1v) is 7.08. The van der Waals surface area contributed by atoms with Gasteiger partial charge in [0.1, 0.15) is 5.82 Å². The lowest BCUT2D eigenvalue weighted by molar-refractivity contribution is 0.0947. The molecule has 1 aromatic heterocycles. The number of aromatic hydroxyl groups is 1. The van der Waals surface area contributed by atoms with Gasteiger partial charge in [0.05, 0.1) is 5.69 Å². The van der Waals surface area contributed by atoms with Crippen LogP contribution in [0.2, 0.25) is 0 Å². The van der Waals surface area contributed by atoms with Crippen molar-refractivity contribution in [2.45, 2.75) is 19.8 Å². The Bertz CT molecular complexity index is 841. The molecule has 0 atom stereocenters. The first-order chi connectivity index (χ1) is 11.0. The van der Waals surface area contributed by atoms with Crippen LogP contribution >= 0.6 is 0 Å². The number of hydrogen-bond donors (Lipinski definition) is 3. The standard InChI is InChI=1S/C15H16FN3O4/c1-2-3-7-17-12(20)11-13(21)18-15(23)19(14(11)22)10-6-4-5-9(16)8-10/h4-6,8,22H,2-3,7H2,1H3,(H,17,20)(H,18,21,23). The Kier molecular flexibility index (Phi) is 4.95. The maximum atomic E-state index is 13.3. The Morgan fingerprint density at radius 3 is 2.78 bits per heavy atom. The molecule has 0 aliphatic carbocycles. The van der Waals surface area contributed by atoms with Crippen LogP contribution in [0.3, 0.4) is 0 Å². The summed E-state index contributed by atoms with van der Waals surface area (Å²) in [6, 6.07) is 4.86. The Morgan fingerprint density at radius 1 is 1.39 bits per heavy atom. The second kappa shape index (κ2) is 6.91. The van der Waals surface area contributed by atoms with Gasteiger partial charge in [-0.05, 0) is 24.6 Å². The van der Waals surface area contributed by atoms with Gasteiger partial charge in [-0.3, -0.25) is 14.6 Å². The number of carbonyl (C=O) groups is 1. The molecule has 0 bridgehead atoms. The number of rotatable bonds is 5. The molecule has 0 aliphatic heterocycles. The van der Waals surface area contributed by atoms with Crippen molar-refractivity contribution >= 4 is 5.91 Å². The Balaban J connectivity index is 2.54. The SMILES string of the molecule is CCCCNC(=O)c1c(O)n(-c2cccc(F)c2)c(=O)[nH]c1=O. The minimum Gasteiger partial charge on any atom is -0.493 e. The summed E-state index contributed by atoms with van der Waals surface area (Å²) < 4.78 is 14.0. The van der Waals surface area contributed by atoms with Crippen LogP contribution in [-0.4, -0.2) is 27.1 Å². The monoisotopic (exact) mass is 321 g/mol. The minimum atomic E-state index is -1.01. The van der Waals surface area contributed by atoms with Crippen molar-refractivity contribution in [2.24, 2.45) is 0 Å². The smallest absolute Gasteiger partial charge is 0.335 e. The van der Waals surface area contributed by atoms with E-state index in [0.717, 1.165) is 18.6 Å². The largest absolute Gasteiger partial charge is 0.493 e. The number of H-pyrrole nitrogens is 1. The molecule has 3 N–H and O–H groups in total. The summed E-state index contributed by atoms with van der Waals surface area (Å²) in [6.45, 7) is 2.26. The van der Waals surface area contributed by atoms with Gasteiger partial charge in [-0.25, -0.2) is 13.8 Å². The molecule has 8 heteroatoms. The molecule has 23 heavy (non-hydrogen) atoms. The van der Waals surface area contributed by atoms with Crippen molar-refractivity contribution in [1.29, 1.82) is 0 Å². The van der Waals surface area contributed by atoms with Gasteiger partial charge in [0.2, 0.25) is 5.88 Å². The van der Waals surface area contributed by atoms with E-state index in [0.29, 0.717) is 17.5 Å². The lowest BCUT2D eigenvalue weighted by Gasteiger charge is -2.11. The molecule has 0 saturated heterocycles. The second-order valence-electron chi connectivity index (χ2n) is 4.88. The van der Waals surface area contributed by atoms with Crippen LogP contribution in [-0.2, 0) is 0 Å². The van der Waals surface area contributed by atoms with Crippen molar-refractivity contribution in [3.63, 3.8) is 0 Å².